The van der Waals surface area contributed by atoms with E-state index in [1.165, 1.54) is 0 Å². The summed E-state index contributed by atoms with van der Waals surface area (Å²) in [6.45, 7) is 0. The molecule has 0 aromatic heterocycles. The predicted octanol–water partition coefficient (Wildman–Crippen LogP) is 2.84. The van der Waals surface area contributed by atoms with Crippen molar-refractivity contribution in [1.29, 1.82) is 0 Å². The molecule has 0 radical (unpaired) electrons. The number of hydrogen-bond acceptors (Lipinski definition) is 3. The molecule has 0 fully saturated rings. The van der Waals surface area contributed by atoms with Gasteiger partial charge in [-0.1, -0.05) is 54.1 Å². The lowest BCUT2D eigenvalue weighted by Crippen LogP contribution is -2.38. The second-order valence-electron chi connectivity index (χ2n) is 4.56. The standard InChI is InChI=1S/C16H12ClN3O/c17-13-8-6-11(7-9-13)10-14-16(21)20(18)15(19-14)12-4-2-1-3-5-12/h1-10H,18H2/b14-10-. The smallest absolute Gasteiger partial charge is 0.265 e. The minimum atomic E-state index is -0.330. The minimum Gasteiger partial charge on any atom is -0.265 e. The Bertz CT molecular complexity index is 736. The molecule has 0 spiro atoms. The molecule has 0 bridgehead atoms. The third-order valence-corrected chi connectivity index (χ3v) is 3.35. The fourth-order valence-corrected chi connectivity index (χ4v) is 2.16. The van der Waals surface area contributed by atoms with Crippen molar-refractivity contribution >= 4 is 29.4 Å². The molecule has 2 aromatic rings. The van der Waals surface area contributed by atoms with Crippen molar-refractivity contribution in [2.24, 2.45) is 10.8 Å². The Morgan fingerprint density at radius 1 is 1.05 bits per heavy atom. The van der Waals surface area contributed by atoms with Gasteiger partial charge in [-0.3, -0.25) is 4.79 Å². The molecule has 21 heavy (non-hydrogen) atoms. The monoisotopic (exact) mass is 297 g/mol. The predicted molar refractivity (Wildman–Crippen MR) is 83.4 cm³/mol. The average Bonchev–Trinajstić information content (AvgIpc) is 2.79. The van der Waals surface area contributed by atoms with Gasteiger partial charge in [0.15, 0.2) is 5.84 Å². The number of benzene rings is 2. The van der Waals surface area contributed by atoms with E-state index in [-0.39, 0.29) is 5.91 Å². The Morgan fingerprint density at radius 3 is 2.38 bits per heavy atom. The molecule has 0 aliphatic carbocycles. The minimum absolute atomic E-state index is 0.304. The maximum absolute atomic E-state index is 12.2. The van der Waals surface area contributed by atoms with Crippen molar-refractivity contribution < 1.29 is 4.79 Å². The number of nitrogens with zero attached hydrogens (tertiary/aromatic N) is 2. The van der Waals surface area contributed by atoms with Gasteiger partial charge in [-0.25, -0.2) is 15.8 Å². The number of hydrogen-bond donors (Lipinski definition) is 1. The first-order valence-corrected chi connectivity index (χ1v) is 6.73. The van der Waals surface area contributed by atoms with Gasteiger partial charge in [-0.2, -0.15) is 0 Å². The maximum atomic E-state index is 12.2. The van der Waals surface area contributed by atoms with Gasteiger partial charge in [0, 0.05) is 10.6 Å². The molecule has 1 heterocycles. The van der Waals surface area contributed by atoms with Crippen LogP contribution in [0.3, 0.4) is 0 Å². The van der Waals surface area contributed by atoms with Crippen molar-refractivity contribution in [3.63, 3.8) is 0 Å². The first-order valence-electron chi connectivity index (χ1n) is 6.36. The highest BCUT2D eigenvalue weighted by Crippen LogP contribution is 2.20. The van der Waals surface area contributed by atoms with Crippen LogP contribution >= 0.6 is 11.6 Å². The van der Waals surface area contributed by atoms with Gasteiger partial charge in [0.2, 0.25) is 0 Å². The molecule has 0 unspecified atom stereocenters. The Morgan fingerprint density at radius 2 is 1.71 bits per heavy atom. The van der Waals surface area contributed by atoms with Gasteiger partial charge >= 0.3 is 0 Å². The van der Waals surface area contributed by atoms with Crippen LogP contribution in [0.5, 0.6) is 0 Å². The highest BCUT2D eigenvalue weighted by molar-refractivity contribution is 6.30. The van der Waals surface area contributed by atoms with Crippen LogP contribution in [-0.2, 0) is 4.79 Å². The molecule has 2 aromatic carbocycles. The molecule has 0 saturated heterocycles. The molecular weight excluding hydrogens is 286 g/mol. The molecule has 4 nitrogen and oxygen atoms in total. The Balaban J connectivity index is 1.98. The molecule has 0 atom stereocenters. The Hall–Kier alpha value is -2.43. The fraction of sp³-hybridized carbons (Fsp3) is 0. The van der Waals surface area contributed by atoms with Gasteiger partial charge in [-0.15, -0.1) is 0 Å². The number of halogens is 1. The number of aliphatic imine (C=N–C) groups is 1. The molecule has 3 rings (SSSR count). The summed E-state index contributed by atoms with van der Waals surface area (Å²) in [4.78, 5) is 16.5. The van der Waals surface area contributed by atoms with Gasteiger partial charge in [0.25, 0.3) is 5.91 Å². The van der Waals surface area contributed by atoms with Crippen LogP contribution in [0, 0.1) is 0 Å². The van der Waals surface area contributed by atoms with E-state index < -0.39 is 0 Å². The molecule has 2 N–H and O–H groups in total. The summed E-state index contributed by atoms with van der Waals surface area (Å²) in [7, 11) is 0. The van der Waals surface area contributed by atoms with Gasteiger partial charge in [0.1, 0.15) is 5.70 Å². The third kappa shape index (κ3) is 2.72. The lowest BCUT2D eigenvalue weighted by molar-refractivity contribution is -0.122. The van der Waals surface area contributed by atoms with E-state index in [9.17, 15) is 4.79 Å². The van der Waals surface area contributed by atoms with E-state index in [0.29, 0.717) is 16.6 Å². The SMILES string of the molecule is NN1C(=O)/C(=C/c2ccc(Cl)cc2)N=C1c1ccccc1. The quantitative estimate of drug-likeness (QED) is 0.526. The van der Waals surface area contributed by atoms with E-state index >= 15 is 0 Å². The normalized spacial score (nSPS) is 16.5. The highest BCUT2D eigenvalue weighted by atomic mass is 35.5. The maximum Gasteiger partial charge on any atom is 0.292 e. The first-order chi connectivity index (χ1) is 10.1. The number of nitrogens with two attached hydrogens (primary N) is 1. The number of hydrazine groups is 1. The molecule has 1 amide bonds. The van der Waals surface area contributed by atoms with Crippen LogP contribution in [-0.4, -0.2) is 16.8 Å². The van der Waals surface area contributed by atoms with Crippen LogP contribution in [0.2, 0.25) is 5.02 Å². The van der Waals surface area contributed by atoms with E-state index in [2.05, 4.69) is 4.99 Å². The fourth-order valence-electron chi connectivity index (χ4n) is 2.04. The summed E-state index contributed by atoms with van der Waals surface area (Å²) in [5.41, 5.74) is 1.95. The number of rotatable bonds is 2. The van der Waals surface area contributed by atoms with Crippen LogP contribution in [0.25, 0.3) is 6.08 Å². The van der Waals surface area contributed by atoms with Crippen LogP contribution < -0.4 is 5.84 Å². The topological polar surface area (TPSA) is 58.7 Å². The zero-order valence-electron chi connectivity index (χ0n) is 11.0. The van der Waals surface area contributed by atoms with Crippen LogP contribution in [0.4, 0.5) is 0 Å². The first kappa shape index (κ1) is 13.5. The molecular formula is C16H12ClN3O. The number of amidine groups is 1. The number of amides is 1. The van der Waals surface area contributed by atoms with Crippen molar-refractivity contribution in [2.45, 2.75) is 0 Å². The molecule has 5 heteroatoms. The van der Waals surface area contributed by atoms with Crippen molar-refractivity contribution in [1.82, 2.24) is 5.01 Å². The lowest BCUT2D eigenvalue weighted by atomic mass is 10.2. The summed E-state index contributed by atoms with van der Waals surface area (Å²) >= 11 is 5.84. The zero-order chi connectivity index (χ0) is 14.8. The average molecular weight is 298 g/mol. The number of carbonyl (C=O) groups excluding carboxylic acids is 1. The van der Waals surface area contributed by atoms with Crippen molar-refractivity contribution in [3.8, 4) is 0 Å². The molecule has 1 aliphatic heterocycles. The van der Waals surface area contributed by atoms with Crippen LogP contribution in [0.15, 0.2) is 65.3 Å². The largest absolute Gasteiger partial charge is 0.292 e. The third-order valence-electron chi connectivity index (χ3n) is 3.10. The van der Waals surface area contributed by atoms with Crippen LogP contribution in [0.1, 0.15) is 11.1 Å². The van der Waals surface area contributed by atoms with Gasteiger partial charge in [-0.05, 0) is 23.8 Å². The van der Waals surface area contributed by atoms with E-state index in [0.717, 1.165) is 16.1 Å². The summed E-state index contributed by atoms with van der Waals surface area (Å²) in [6.07, 6.45) is 1.69. The lowest BCUT2D eigenvalue weighted by Gasteiger charge is -2.10. The second kappa shape index (κ2) is 5.52. The summed E-state index contributed by atoms with van der Waals surface area (Å²) in [6, 6.07) is 16.5. The van der Waals surface area contributed by atoms with E-state index in [1.54, 1.807) is 18.2 Å². The molecule has 0 saturated carbocycles. The number of carbonyl (C=O) groups is 1. The zero-order valence-corrected chi connectivity index (χ0v) is 11.8. The van der Waals surface area contributed by atoms with E-state index in [4.69, 9.17) is 17.4 Å². The molecule has 104 valence electrons. The van der Waals surface area contributed by atoms with Gasteiger partial charge < -0.3 is 0 Å². The highest BCUT2D eigenvalue weighted by Gasteiger charge is 2.28. The van der Waals surface area contributed by atoms with Crippen molar-refractivity contribution in [2.75, 3.05) is 0 Å². The second-order valence-corrected chi connectivity index (χ2v) is 4.99. The van der Waals surface area contributed by atoms with Gasteiger partial charge in [0.05, 0.1) is 0 Å². The van der Waals surface area contributed by atoms with Crippen molar-refractivity contribution in [3.05, 3.63) is 76.4 Å². The Labute approximate surface area is 127 Å². The summed E-state index contributed by atoms with van der Waals surface area (Å²) in [5.74, 6) is 5.93. The van der Waals surface area contributed by atoms with E-state index in [1.807, 2.05) is 42.5 Å². The summed E-state index contributed by atoms with van der Waals surface area (Å²) < 4.78 is 0. The molecule has 1 aliphatic rings. The summed E-state index contributed by atoms with van der Waals surface area (Å²) in [5, 5.41) is 1.71. The Kier molecular flexibility index (Phi) is 3.56.